The van der Waals surface area contributed by atoms with E-state index in [1.165, 1.54) is 6.07 Å². The quantitative estimate of drug-likeness (QED) is 0.643. The molecule has 0 radical (unpaired) electrons. The minimum absolute atomic E-state index is 0.136. The smallest absolute Gasteiger partial charge is 0.213 e. The summed E-state index contributed by atoms with van der Waals surface area (Å²) in [6.07, 6.45) is 5.57. The van der Waals surface area contributed by atoms with Crippen LogP contribution in [0.2, 0.25) is 0 Å². The number of hydrogen-bond acceptors (Lipinski definition) is 5. The highest BCUT2D eigenvalue weighted by Crippen LogP contribution is 2.42. The molecule has 0 bridgehead atoms. The van der Waals surface area contributed by atoms with Gasteiger partial charge in [-0.3, -0.25) is 0 Å². The zero-order valence-electron chi connectivity index (χ0n) is 15.4. The number of hydrogen-bond donors (Lipinski definition) is 1. The third kappa shape index (κ3) is 3.47. The Morgan fingerprint density at radius 3 is 2.81 bits per heavy atom. The molecule has 2 aromatic heterocycles. The number of ether oxygens (including phenoxy) is 1. The summed E-state index contributed by atoms with van der Waals surface area (Å²) in [6, 6.07) is 6.86. The third-order valence-corrected chi connectivity index (χ3v) is 4.80. The first kappa shape index (κ1) is 17.4. The molecule has 5 nitrogen and oxygen atoms in total. The molecule has 1 aliphatic rings. The zero-order chi connectivity index (χ0) is 19.0. The molecule has 3 aromatic rings. The van der Waals surface area contributed by atoms with Crippen LogP contribution in [0.4, 0.5) is 10.2 Å². The summed E-state index contributed by atoms with van der Waals surface area (Å²) in [5.41, 5.74) is 2.47. The second kappa shape index (κ2) is 6.95. The Kier molecular flexibility index (Phi) is 4.48. The minimum atomic E-state index is -0.209. The molecule has 0 aliphatic heterocycles. The number of nitrogens with zero attached hydrogens (tertiary/aromatic N) is 3. The van der Waals surface area contributed by atoms with Gasteiger partial charge in [0.15, 0.2) is 0 Å². The average Bonchev–Trinajstić information content (AvgIpc) is 3.51. The molecule has 1 aromatic carbocycles. The Bertz CT molecular complexity index is 1020. The van der Waals surface area contributed by atoms with E-state index in [-0.39, 0.29) is 11.9 Å². The highest BCUT2D eigenvalue weighted by atomic mass is 19.1. The van der Waals surface area contributed by atoms with Crippen molar-refractivity contribution >= 4 is 16.7 Å². The first-order chi connectivity index (χ1) is 13.1. The normalized spacial score (nSPS) is 14.8. The van der Waals surface area contributed by atoms with Crippen LogP contribution >= 0.6 is 0 Å². The molecule has 27 heavy (non-hydrogen) atoms. The fourth-order valence-corrected chi connectivity index (χ4v) is 3.24. The van der Waals surface area contributed by atoms with Crippen LogP contribution < -0.4 is 10.1 Å². The zero-order valence-corrected chi connectivity index (χ0v) is 15.4. The lowest BCUT2D eigenvalue weighted by Gasteiger charge is -2.19. The van der Waals surface area contributed by atoms with Crippen molar-refractivity contribution in [1.29, 1.82) is 0 Å². The Labute approximate surface area is 157 Å². The van der Waals surface area contributed by atoms with Gasteiger partial charge in [-0.05, 0) is 42.9 Å². The fourth-order valence-electron chi connectivity index (χ4n) is 3.24. The maximum atomic E-state index is 14.1. The second-order valence-electron chi connectivity index (χ2n) is 6.78. The van der Waals surface area contributed by atoms with E-state index in [0.29, 0.717) is 23.4 Å². The van der Waals surface area contributed by atoms with Gasteiger partial charge >= 0.3 is 0 Å². The minimum Gasteiger partial charge on any atom is -0.481 e. The summed E-state index contributed by atoms with van der Waals surface area (Å²) in [7, 11) is 1.57. The van der Waals surface area contributed by atoms with Gasteiger partial charge in [0.05, 0.1) is 24.9 Å². The summed E-state index contributed by atoms with van der Waals surface area (Å²) in [5.74, 6) is 2.00. The topological polar surface area (TPSA) is 59.9 Å². The van der Waals surface area contributed by atoms with Crippen LogP contribution in [0.3, 0.4) is 0 Å². The van der Waals surface area contributed by atoms with Gasteiger partial charge in [-0.15, -0.1) is 6.58 Å². The summed E-state index contributed by atoms with van der Waals surface area (Å²) in [5, 5.41) is 4.22. The molecular formula is C21H21FN4O. The molecule has 1 aliphatic carbocycles. The number of aryl methyl sites for hydroxylation is 1. The van der Waals surface area contributed by atoms with Crippen LogP contribution in [-0.2, 0) is 0 Å². The number of benzene rings is 1. The number of pyridine rings is 1. The van der Waals surface area contributed by atoms with Gasteiger partial charge in [-0.2, -0.15) is 0 Å². The molecule has 6 heteroatoms. The first-order valence-electron chi connectivity index (χ1n) is 8.96. The van der Waals surface area contributed by atoms with Crippen molar-refractivity contribution in [2.24, 2.45) is 0 Å². The van der Waals surface area contributed by atoms with Crippen molar-refractivity contribution in [1.82, 2.24) is 15.0 Å². The van der Waals surface area contributed by atoms with Crippen LogP contribution in [0.1, 0.15) is 41.8 Å². The van der Waals surface area contributed by atoms with Crippen molar-refractivity contribution in [3.63, 3.8) is 0 Å². The van der Waals surface area contributed by atoms with E-state index in [1.807, 2.05) is 13.0 Å². The highest BCUT2D eigenvalue weighted by molar-refractivity contribution is 5.89. The van der Waals surface area contributed by atoms with E-state index in [4.69, 9.17) is 4.74 Å². The van der Waals surface area contributed by atoms with Gasteiger partial charge in [-0.25, -0.2) is 19.3 Å². The molecule has 0 amide bonds. The Balaban J connectivity index is 1.73. The molecule has 0 spiro atoms. The molecule has 4 rings (SSSR count). The molecule has 1 N–H and O–H groups in total. The van der Waals surface area contributed by atoms with Crippen LogP contribution in [0.25, 0.3) is 10.9 Å². The third-order valence-electron chi connectivity index (χ3n) is 4.80. The van der Waals surface area contributed by atoms with E-state index in [2.05, 4.69) is 26.8 Å². The molecule has 1 atom stereocenters. The van der Waals surface area contributed by atoms with Crippen molar-refractivity contribution in [2.45, 2.75) is 31.7 Å². The average molecular weight is 364 g/mol. The monoisotopic (exact) mass is 364 g/mol. The predicted octanol–water partition coefficient (Wildman–Crippen LogP) is 4.70. The van der Waals surface area contributed by atoms with E-state index in [9.17, 15) is 4.39 Å². The van der Waals surface area contributed by atoms with Crippen molar-refractivity contribution in [3.8, 4) is 5.88 Å². The van der Waals surface area contributed by atoms with Crippen LogP contribution in [0.5, 0.6) is 5.88 Å². The summed E-state index contributed by atoms with van der Waals surface area (Å²) in [4.78, 5) is 13.2. The van der Waals surface area contributed by atoms with Crippen LogP contribution in [-0.4, -0.2) is 22.1 Å². The lowest BCUT2D eigenvalue weighted by Crippen LogP contribution is -2.11. The van der Waals surface area contributed by atoms with Crippen molar-refractivity contribution < 1.29 is 9.13 Å². The summed E-state index contributed by atoms with van der Waals surface area (Å²) in [6.45, 7) is 5.78. The standard InChI is InChI=1S/C21H21FN4O/c1-4-18(14-7-8-17(22)15(9-14)13-5-6-13)26-21-16-10-20(27-3)23-11-19(16)24-12(2)25-21/h4,7-11,13,18H,1,5-6H2,2-3H3,(H,24,25,26)/t18-/m1/s1. The number of methoxy groups -OCH3 is 1. The number of anilines is 1. The first-order valence-corrected chi connectivity index (χ1v) is 8.96. The molecular weight excluding hydrogens is 343 g/mol. The van der Waals surface area contributed by atoms with Gasteiger partial charge in [0, 0.05) is 11.5 Å². The van der Waals surface area contributed by atoms with Crippen LogP contribution in [0, 0.1) is 12.7 Å². The number of nitrogens with one attached hydrogen (secondary N) is 1. The van der Waals surface area contributed by atoms with E-state index < -0.39 is 0 Å². The van der Waals surface area contributed by atoms with E-state index in [1.54, 1.807) is 31.5 Å². The lowest BCUT2D eigenvalue weighted by atomic mass is 10.0. The predicted molar refractivity (Wildman–Crippen MR) is 104 cm³/mol. The lowest BCUT2D eigenvalue weighted by molar-refractivity contribution is 0.398. The summed E-state index contributed by atoms with van der Waals surface area (Å²) < 4.78 is 19.3. The molecule has 0 saturated heterocycles. The number of halogens is 1. The largest absolute Gasteiger partial charge is 0.481 e. The van der Waals surface area contributed by atoms with Crippen molar-refractivity contribution in [2.75, 3.05) is 12.4 Å². The number of rotatable bonds is 6. The van der Waals surface area contributed by atoms with E-state index in [0.717, 1.165) is 34.9 Å². The Morgan fingerprint density at radius 1 is 1.30 bits per heavy atom. The number of aromatic nitrogens is 3. The van der Waals surface area contributed by atoms with Crippen LogP contribution in [0.15, 0.2) is 43.1 Å². The number of fused-ring (bicyclic) bond motifs is 1. The Morgan fingerprint density at radius 2 is 2.11 bits per heavy atom. The summed E-state index contributed by atoms with van der Waals surface area (Å²) >= 11 is 0. The van der Waals surface area contributed by atoms with Gasteiger partial charge < -0.3 is 10.1 Å². The fraction of sp³-hybridized carbons (Fsp3) is 0.286. The molecule has 2 heterocycles. The van der Waals surface area contributed by atoms with Gasteiger partial charge in [0.1, 0.15) is 17.5 Å². The van der Waals surface area contributed by atoms with Gasteiger partial charge in [0.25, 0.3) is 0 Å². The van der Waals surface area contributed by atoms with Crippen molar-refractivity contribution in [3.05, 3.63) is 65.9 Å². The second-order valence-corrected chi connectivity index (χ2v) is 6.78. The van der Waals surface area contributed by atoms with Gasteiger partial charge in [-0.1, -0.05) is 18.2 Å². The molecule has 1 saturated carbocycles. The molecule has 0 unspecified atom stereocenters. The SMILES string of the molecule is C=C[C@@H](Nc1nc(C)nc2cnc(OC)cc12)c1ccc(F)c(C2CC2)c1. The molecule has 138 valence electrons. The highest BCUT2D eigenvalue weighted by Gasteiger charge is 2.27. The maximum Gasteiger partial charge on any atom is 0.213 e. The maximum absolute atomic E-state index is 14.1. The van der Waals surface area contributed by atoms with E-state index >= 15 is 0 Å². The van der Waals surface area contributed by atoms with Gasteiger partial charge in [0.2, 0.25) is 5.88 Å². The Hall–Kier alpha value is -3.02. The molecule has 1 fully saturated rings.